The lowest BCUT2D eigenvalue weighted by atomic mass is 9.96. The van der Waals surface area contributed by atoms with E-state index in [4.69, 9.17) is 4.74 Å². The lowest BCUT2D eigenvalue weighted by Gasteiger charge is -2.29. The van der Waals surface area contributed by atoms with Gasteiger partial charge in [-0.25, -0.2) is 0 Å². The molecule has 1 aliphatic rings. The number of hydrogen-bond donors (Lipinski definition) is 1. The molecule has 0 aliphatic carbocycles. The molecule has 1 amide bonds. The van der Waals surface area contributed by atoms with Crippen molar-refractivity contribution in [1.82, 2.24) is 9.88 Å². The van der Waals surface area contributed by atoms with Gasteiger partial charge in [0, 0.05) is 29.6 Å². The number of hydrogen-bond acceptors (Lipinski definition) is 2. The van der Waals surface area contributed by atoms with Gasteiger partial charge in [0.15, 0.2) is 0 Å². The lowest BCUT2D eigenvalue weighted by molar-refractivity contribution is -0.137. The van der Waals surface area contributed by atoms with Crippen LogP contribution in [0.2, 0.25) is 0 Å². The first-order valence-corrected chi connectivity index (χ1v) is 10.6. The fourth-order valence-corrected chi connectivity index (χ4v) is 4.29. The molecular formula is C26H21F3N2O2. The first kappa shape index (κ1) is 21.3. The highest BCUT2D eigenvalue weighted by Crippen LogP contribution is 2.38. The average molecular weight is 450 g/mol. The number of aromatic nitrogens is 1. The molecule has 0 bridgehead atoms. The third-order valence-electron chi connectivity index (χ3n) is 5.91. The molecule has 33 heavy (non-hydrogen) atoms. The van der Waals surface area contributed by atoms with Gasteiger partial charge in [-0.05, 0) is 29.3 Å². The van der Waals surface area contributed by atoms with Crippen molar-refractivity contribution in [2.24, 2.45) is 0 Å². The second kappa shape index (κ2) is 8.41. The van der Waals surface area contributed by atoms with Crippen molar-refractivity contribution in [3.8, 4) is 0 Å². The quantitative estimate of drug-likeness (QED) is 0.419. The summed E-state index contributed by atoms with van der Waals surface area (Å²) in [5.74, 6) is -0.162. The van der Waals surface area contributed by atoms with E-state index in [-0.39, 0.29) is 12.5 Å². The van der Waals surface area contributed by atoms with Crippen molar-refractivity contribution in [3.05, 3.63) is 107 Å². The fourth-order valence-electron chi connectivity index (χ4n) is 4.29. The van der Waals surface area contributed by atoms with E-state index in [1.54, 1.807) is 4.90 Å². The second-order valence-electron chi connectivity index (χ2n) is 8.04. The van der Waals surface area contributed by atoms with E-state index in [1.807, 2.05) is 54.6 Å². The predicted molar refractivity (Wildman–Crippen MR) is 119 cm³/mol. The summed E-state index contributed by atoms with van der Waals surface area (Å²) in [6, 6.07) is 22.1. The van der Waals surface area contributed by atoms with E-state index in [2.05, 4.69) is 4.98 Å². The van der Waals surface area contributed by atoms with Gasteiger partial charge in [-0.15, -0.1) is 0 Å². The Morgan fingerprint density at radius 1 is 0.939 bits per heavy atom. The largest absolute Gasteiger partial charge is 0.416 e. The minimum Gasteiger partial charge on any atom is -0.367 e. The number of amides is 1. The van der Waals surface area contributed by atoms with Crippen molar-refractivity contribution in [1.29, 1.82) is 0 Å². The normalized spacial score (nSPS) is 17.0. The van der Waals surface area contributed by atoms with Crippen LogP contribution in [0.1, 0.15) is 38.8 Å². The molecule has 1 aromatic heterocycles. The zero-order chi connectivity index (χ0) is 23.0. The summed E-state index contributed by atoms with van der Waals surface area (Å²) >= 11 is 0. The Labute approximate surface area is 188 Å². The van der Waals surface area contributed by atoms with Crippen LogP contribution in [0, 0.1) is 0 Å². The SMILES string of the molecule is O=C1c2[nH]c3ccccc3c2C(c2ccc(C(F)(F)F)cc2)OCCN1Cc1ccccc1. The van der Waals surface area contributed by atoms with Gasteiger partial charge in [-0.1, -0.05) is 60.7 Å². The number of nitrogens with one attached hydrogen (secondary N) is 1. The van der Waals surface area contributed by atoms with Crippen LogP contribution in [0.25, 0.3) is 10.9 Å². The number of fused-ring (bicyclic) bond motifs is 3. The molecule has 1 unspecified atom stereocenters. The number of rotatable bonds is 3. The highest BCUT2D eigenvalue weighted by molar-refractivity contribution is 6.01. The van der Waals surface area contributed by atoms with Crippen LogP contribution in [-0.2, 0) is 17.5 Å². The van der Waals surface area contributed by atoms with Crippen molar-refractivity contribution in [2.75, 3.05) is 13.2 Å². The second-order valence-corrected chi connectivity index (χ2v) is 8.04. The number of carbonyl (C=O) groups is 1. The molecule has 1 aliphatic heterocycles. The Bertz CT molecular complexity index is 1280. The molecule has 0 fully saturated rings. The minimum absolute atomic E-state index is 0.162. The number of nitrogens with zero attached hydrogens (tertiary/aromatic N) is 1. The van der Waals surface area contributed by atoms with Crippen LogP contribution >= 0.6 is 0 Å². The highest BCUT2D eigenvalue weighted by Gasteiger charge is 2.33. The van der Waals surface area contributed by atoms with Crippen LogP contribution < -0.4 is 0 Å². The Morgan fingerprint density at radius 2 is 1.64 bits per heavy atom. The number of halogens is 3. The summed E-state index contributed by atoms with van der Waals surface area (Å²) in [6.45, 7) is 1.05. The van der Waals surface area contributed by atoms with E-state index in [9.17, 15) is 18.0 Å². The number of H-pyrrole nitrogens is 1. The van der Waals surface area contributed by atoms with E-state index < -0.39 is 17.8 Å². The monoisotopic (exact) mass is 450 g/mol. The summed E-state index contributed by atoms with van der Waals surface area (Å²) in [4.78, 5) is 18.6. The number of aromatic amines is 1. The Morgan fingerprint density at radius 3 is 2.36 bits per heavy atom. The smallest absolute Gasteiger partial charge is 0.367 e. The highest BCUT2D eigenvalue weighted by atomic mass is 19.4. The first-order chi connectivity index (χ1) is 15.9. The van der Waals surface area contributed by atoms with E-state index in [0.717, 1.165) is 28.6 Å². The summed E-state index contributed by atoms with van der Waals surface area (Å²) in [5.41, 5.74) is 2.67. The number of ether oxygens (including phenoxy) is 1. The molecular weight excluding hydrogens is 429 g/mol. The minimum atomic E-state index is -4.42. The maximum Gasteiger partial charge on any atom is 0.416 e. The summed E-state index contributed by atoms with van der Waals surface area (Å²) in [5, 5.41) is 0.812. The standard InChI is InChI=1S/C26H21F3N2O2/c27-26(28,29)19-12-10-18(11-13-19)24-22-20-8-4-5-9-21(20)30-23(22)25(32)31(14-15-33-24)16-17-6-2-1-3-7-17/h1-13,24,30H,14-16H2. The number of carbonyl (C=O) groups excluding carboxylic acids is 1. The topological polar surface area (TPSA) is 45.3 Å². The molecule has 0 saturated heterocycles. The first-order valence-electron chi connectivity index (χ1n) is 10.6. The molecule has 4 nitrogen and oxygen atoms in total. The van der Waals surface area contributed by atoms with Gasteiger partial charge < -0.3 is 14.6 Å². The van der Waals surface area contributed by atoms with E-state index in [1.165, 1.54) is 12.1 Å². The third-order valence-corrected chi connectivity index (χ3v) is 5.91. The van der Waals surface area contributed by atoms with Crippen LogP contribution in [0.5, 0.6) is 0 Å². The van der Waals surface area contributed by atoms with Gasteiger partial charge in [-0.2, -0.15) is 13.2 Å². The maximum atomic E-state index is 13.6. The zero-order valence-corrected chi connectivity index (χ0v) is 17.6. The summed E-state index contributed by atoms with van der Waals surface area (Å²) in [6.07, 6.45) is -5.08. The van der Waals surface area contributed by atoms with Gasteiger partial charge in [-0.3, -0.25) is 4.79 Å². The summed E-state index contributed by atoms with van der Waals surface area (Å²) in [7, 11) is 0. The summed E-state index contributed by atoms with van der Waals surface area (Å²) < 4.78 is 45.4. The molecule has 168 valence electrons. The molecule has 1 atom stereocenters. The van der Waals surface area contributed by atoms with Gasteiger partial charge in [0.2, 0.25) is 0 Å². The molecule has 0 saturated carbocycles. The molecule has 3 aromatic carbocycles. The van der Waals surface area contributed by atoms with Gasteiger partial charge in [0.1, 0.15) is 11.8 Å². The van der Waals surface area contributed by atoms with Gasteiger partial charge in [0.05, 0.1) is 12.2 Å². The van der Waals surface area contributed by atoms with E-state index >= 15 is 0 Å². The molecule has 7 heteroatoms. The number of benzene rings is 3. The van der Waals surface area contributed by atoms with Crippen LogP contribution in [-0.4, -0.2) is 28.9 Å². The average Bonchev–Trinajstić information content (AvgIpc) is 3.19. The molecule has 4 aromatic rings. The molecule has 1 N–H and O–H groups in total. The van der Waals surface area contributed by atoms with Crippen LogP contribution in [0.15, 0.2) is 78.9 Å². The molecule has 0 radical (unpaired) electrons. The molecule has 0 spiro atoms. The molecule has 5 rings (SSSR count). The predicted octanol–water partition coefficient (Wildman–Crippen LogP) is 5.95. The van der Waals surface area contributed by atoms with Crippen LogP contribution in [0.3, 0.4) is 0 Å². The number of para-hydroxylation sites is 1. The maximum absolute atomic E-state index is 13.6. The Hall–Kier alpha value is -3.58. The van der Waals surface area contributed by atoms with Gasteiger partial charge in [0.25, 0.3) is 5.91 Å². The third kappa shape index (κ3) is 4.12. The van der Waals surface area contributed by atoms with Gasteiger partial charge >= 0.3 is 6.18 Å². The van der Waals surface area contributed by atoms with Crippen molar-refractivity contribution >= 4 is 16.8 Å². The van der Waals surface area contributed by atoms with Crippen molar-refractivity contribution < 1.29 is 22.7 Å². The zero-order valence-electron chi connectivity index (χ0n) is 17.6. The van der Waals surface area contributed by atoms with Crippen LogP contribution in [0.4, 0.5) is 13.2 Å². The number of alkyl halides is 3. The lowest BCUT2D eigenvalue weighted by Crippen LogP contribution is -2.36. The Balaban J connectivity index is 1.58. The van der Waals surface area contributed by atoms with Crippen molar-refractivity contribution in [3.63, 3.8) is 0 Å². The van der Waals surface area contributed by atoms with Crippen molar-refractivity contribution in [2.45, 2.75) is 18.8 Å². The molecule has 2 heterocycles. The Kier molecular flexibility index (Phi) is 5.42. The fraction of sp³-hybridized carbons (Fsp3) is 0.192. The van der Waals surface area contributed by atoms with E-state index in [0.29, 0.717) is 29.9 Å².